The van der Waals surface area contributed by atoms with Crippen molar-refractivity contribution in [2.75, 3.05) is 13.7 Å². The summed E-state index contributed by atoms with van der Waals surface area (Å²) in [5.41, 5.74) is 1.85. The highest BCUT2D eigenvalue weighted by atomic mass is 16.5. The van der Waals surface area contributed by atoms with Gasteiger partial charge in [0.2, 0.25) is 35.4 Å². The standard InChI is InChI=1S/C51H76N6O12/c1-29(2)24-41-42(58)27-38(50(65)66)32(5)46(61)53-35(8)49(64)54-39(21-20-30(3)25-31(4)43(69-9)26-36-16-12-10-13-17-36)33(6)47(62)55-40(51(67)68)22-23-45(60)57(37-18-14-11-15-19-37)28-44(59)52-34(7)48(63)56-41/h10,12-13,16-17,20-21,25,29,31-35,37-41,43H,11,14-15,18-19,22-24,26-28H2,1-9H3,(H,52,59)(H,53,61)(H,54,64)(H,55,62)(H,56,63)(H,65,66)(H,67,68)/b21-20+,30-25+/t31-,32-,33-,34+,35-,38+,39-,40+,41-,43-/m0/s1. The lowest BCUT2D eigenvalue weighted by Gasteiger charge is -2.34. The number of rotatable bonds is 12. The molecule has 69 heavy (non-hydrogen) atoms. The summed E-state index contributed by atoms with van der Waals surface area (Å²) in [6, 6.07) is 3.27. The summed E-state index contributed by atoms with van der Waals surface area (Å²) in [6.45, 7) is 12.6. The molecule has 1 saturated heterocycles. The number of carbonyl (C=O) groups excluding carboxylic acids is 7. The van der Waals surface area contributed by atoms with Crippen LogP contribution in [-0.2, 0) is 54.3 Å². The Hall–Kier alpha value is -5.91. The van der Waals surface area contributed by atoms with Crippen molar-refractivity contribution in [3.05, 3.63) is 59.7 Å². The van der Waals surface area contributed by atoms with Crippen molar-refractivity contribution >= 4 is 53.2 Å². The van der Waals surface area contributed by atoms with Gasteiger partial charge in [-0.3, -0.25) is 38.4 Å². The highest BCUT2D eigenvalue weighted by molar-refractivity contribution is 5.96. The van der Waals surface area contributed by atoms with Crippen LogP contribution in [-0.4, -0.2) is 124 Å². The number of methoxy groups -OCH3 is 1. The van der Waals surface area contributed by atoms with Gasteiger partial charge in [0, 0.05) is 37.8 Å². The number of Topliss-reactive ketones (excluding diaryl/α,β-unsaturated/α-hetero) is 1. The second kappa shape index (κ2) is 27.9. The number of aliphatic carboxylic acids is 2. The van der Waals surface area contributed by atoms with Crippen LogP contribution in [0.5, 0.6) is 0 Å². The number of carboxylic acids is 2. The van der Waals surface area contributed by atoms with E-state index in [0.717, 1.165) is 30.4 Å². The minimum atomic E-state index is -1.56. The van der Waals surface area contributed by atoms with Gasteiger partial charge in [-0.1, -0.05) is 108 Å². The average Bonchev–Trinajstić information content (AvgIpc) is 3.30. The monoisotopic (exact) mass is 965 g/mol. The van der Waals surface area contributed by atoms with Crippen molar-refractivity contribution in [1.29, 1.82) is 0 Å². The van der Waals surface area contributed by atoms with Crippen LogP contribution in [0.1, 0.15) is 119 Å². The molecule has 18 heteroatoms. The fourth-order valence-electron chi connectivity index (χ4n) is 8.72. The van der Waals surface area contributed by atoms with E-state index in [-0.39, 0.29) is 43.2 Å². The zero-order chi connectivity index (χ0) is 51.5. The van der Waals surface area contributed by atoms with Gasteiger partial charge < -0.3 is 46.4 Å². The Morgan fingerprint density at radius 2 is 1.38 bits per heavy atom. The van der Waals surface area contributed by atoms with Crippen molar-refractivity contribution < 1.29 is 58.1 Å². The van der Waals surface area contributed by atoms with Gasteiger partial charge >= 0.3 is 11.9 Å². The van der Waals surface area contributed by atoms with Gasteiger partial charge in [0.15, 0.2) is 5.78 Å². The molecule has 1 saturated carbocycles. The van der Waals surface area contributed by atoms with Crippen molar-refractivity contribution in [3.8, 4) is 0 Å². The molecule has 18 nitrogen and oxygen atoms in total. The summed E-state index contributed by atoms with van der Waals surface area (Å²) in [5, 5.41) is 33.6. The molecule has 382 valence electrons. The van der Waals surface area contributed by atoms with Gasteiger partial charge in [0.25, 0.3) is 0 Å². The highest BCUT2D eigenvalue weighted by Gasteiger charge is 2.37. The molecule has 2 aliphatic rings. The van der Waals surface area contributed by atoms with E-state index in [2.05, 4.69) is 26.6 Å². The maximum atomic E-state index is 14.0. The Morgan fingerprint density at radius 3 is 1.97 bits per heavy atom. The number of carbonyl (C=O) groups is 9. The zero-order valence-corrected chi connectivity index (χ0v) is 41.7. The molecule has 1 aromatic rings. The van der Waals surface area contributed by atoms with Crippen LogP contribution in [0.3, 0.4) is 0 Å². The summed E-state index contributed by atoms with van der Waals surface area (Å²) in [7, 11) is 1.63. The van der Waals surface area contributed by atoms with Gasteiger partial charge in [0.1, 0.15) is 18.1 Å². The minimum Gasteiger partial charge on any atom is -0.481 e. The summed E-state index contributed by atoms with van der Waals surface area (Å²) in [4.78, 5) is 123. The number of hydrogen-bond acceptors (Lipinski definition) is 10. The molecular weight excluding hydrogens is 889 g/mol. The lowest BCUT2D eigenvalue weighted by molar-refractivity contribution is -0.149. The lowest BCUT2D eigenvalue weighted by atomic mass is 9.85. The average molecular weight is 965 g/mol. The number of ketones is 1. The topological polar surface area (TPSA) is 267 Å². The molecule has 1 aliphatic heterocycles. The summed E-state index contributed by atoms with van der Waals surface area (Å²) >= 11 is 0. The van der Waals surface area contributed by atoms with Crippen molar-refractivity contribution in [3.63, 3.8) is 0 Å². The third-order valence-electron chi connectivity index (χ3n) is 13.1. The van der Waals surface area contributed by atoms with Crippen LogP contribution in [0.25, 0.3) is 0 Å². The number of ether oxygens (including phenoxy) is 1. The molecule has 6 amide bonds. The number of allylic oxidation sites excluding steroid dienone is 2. The second-order valence-electron chi connectivity index (χ2n) is 19.3. The van der Waals surface area contributed by atoms with Gasteiger partial charge in [-0.25, -0.2) is 4.79 Å². The van der Waals surface area contributed by atoms with Crippen LogP contribution < -0.4 is 26.6 Å². The van der Waals surface area contributed by atoms with Crippen molar-refractivity contribution in [2.24, 2.45) is 29.6 Å². The van der Waals surface area contributed by atoms with Crippen LogP contribution in [0, 0.1) is 29.6 Å². The van der Waals surface area contributed by atoms with Crippen LogP contribution in [0.4, 0.5) is 0 Å². The van der Waals surface area contributed by atoms with E-state index in [0.29, 0.717) is 19.3 Å². The van der Waals surface area contributed by atoms with Crippen molar-refractivity contribution in [1.82, 2.24) is 31.5 Å². The lowest BCUT2D eigenvalue weighted by Crippen LogP contribution is -2.54. The Morgan fingerprint density at radius 1 is 0.768 bits per heavy atom. The predicted octanol–water partition coefficient (Wildman–Crippen LogP) is 3.86. The summed E-state index contributed by atoms with van der Waals surface area (Å²) < 4.78 is 5.82. The molecule has 0 spiro atoms. The van der Waals surface area contributed by atoms with E-state index in [1.807, 2.05) is 64.1 Å². The largest absolute Gasteiger partial charge is 0.481 e. The predicted molar refractivity (Wildman–Crippen MR) is 258 cm³/mol. The number of amides is 6. The summed E-state index contributed by atoms with van der Waals surface area (Å²) in [5.74, 6) is -12.0. The number of nitrogens with one attached hydrogen (secondary N) is 5. The maximum absolute atomic E-state index is 14.0. The van der Waals surface area contributed by atoms with E-state index in [1.165, 1.54) is 32.6 Å². The zero-order valence-electron chi connectivity index (χ0n) is 41.7. The molecule has 10 atom stereocenters. The van der Waals surface area contributed by atoms with Gasteiger partial charge in [0.05, 0.1) is 36.6 Å². The molecule has 1 heterocycles. The van der Waals surface area contributed by atoms with E-state index in [1.54, 1.807) is 19.3 Å². The SMILES string of the molecule is CO[C@@H](Cc1ccccc1)[C@@H](C)/C=C(C)/C=C/[C@@H]1NC(=O)[C@H](C)NC(=O)[C@@H](C)[C@H](C(=O)O)CC(=O)[C@H](CC(C)C)NC(=O)[C@@H](C)NC(=O)CN(C2CCCCC2)C(=O)CC[C@H](C(=O)O)NC(=O)[C@H]1C. The first-order valence-electron chi connectivity index (χ1n) is 24.2. The van der Waals surface area contributed by atoms with E-state index >= 15 is 0 Å². The Kier molecular flexibility index (Phi) is 23.2. The van der Waals surface area contributed by atoms with E-state index < -0.39 is 114 Å². The van der Waals surface area contributed by atoms with Crippen LogP contribution >= 0.6 is 0 Å². The molecule has 0 bridgehead atoms. The third-order valence-corrected chi connectivity index (χ3v) is 13.1. The molecule has 0 radical (unpaired) electrons. The Balaban J connectivity index is 2.04. The number of hydrogen-bond donors (Lipinski definition) is 7. The fourth-order valence-corrected chi connectivity index (χ4v) is 8.72. The number of carboxylic acid groups (broad SMARTS) is 2. The first kappa shape index (κ1) is 57.4. The fraction of sp³-hybridized carbons (Fsp3) is 0.627. The first-order valence-corrected chi connectivity index (χ1v) is 24.2. The van der Waals surface area contributed by atoms with Crippen LogP contribution in [0.15, 0.2) is 54.1 Å². The minimum absolute atomic E-state index is 0.0751. The molecule has 0 unspecified atom stereocenters. The number of benzene rings is 1. The second-order valence-corrected chi connectivity index (χ2v) is 19.3. The maximum Gasteiger partial charge on any atom is 0.326 e. The van der Waals surface area contributed by atoms with E-state index in [4.69, 9.17) is 4.74 Å². The third kappa shape index (κ3) is 18.5. The van der Waals surface area contributed by atoms with Gasteiger partial charge in [-0.05, 0) is 64.4 Å². The smallest absolute Gasteiger partial charge is 0.326 e. The molecule has 7 N–H and O–H groups in total. The van der Waals surface area contributed by atoms with Crippen LogP contribution in [0.2, 0.25) is 0 Å². The molecule has 1 aliphatic carbocycles. The normalized spacial score (nSPS) is 27.5. The Labute approximate surface area is 406 Å². The van der Waals surface area contributed by atoms with Crippen molar-refractivity contribution in [2.45, 2.75) is 162 Å². The molecular formula is C51H76N6O12. The van der Waals surface area contributed by atoms with Gasteiger partial charge in [-0.2, -0.15) is 0 Å². The number of nitrogens with zero attached hydrogens (tertiary/aromatic N) is 1. The summed E-state index contributed by atoms with van der Waals surface area (Å²) in [6.07, 6.45) is 8.31. The van der Waals surface area contributed by atoms with E-state index in [9.17, 15) is 53.4 Å². The van der Waals surface area contributed by atoms with Gasteiger partial charge in [-0.15, -0.1) is 0 Å². The highest BCUT2D eigenvalue weighted by Crippen LogP contribution is 2.25. The molecule has 0 aromatic heterocycles. The first-order chi connectivity index (χ1) is 32.5. The quantitative estimate of drug-likeness (QED) is 0.147. The molecule has 2 fully saturated rings. The molecule has 3 rings (SSSR count). The Bertz CT molecular complexity index is 2020. The molecule has 1 aromatic carbocycles.